The highest BCUT2D eigenvalue weighted by Gasteiger charge is 2.24. The molecule has 26 heavy (non-hydrogen) atoms. The lowest BCUT2D eigenvalue weighted by atomic mass is 9.89. The molecule has 7 nitrogen and oxygen atoms in total. The van der Waals surface area contributed by atoms with Crippen molar-refractivity contribution >= 4 is 16.0 Å². The predicted molar refractivity (Wildman–Crippen MR) is 106 cm³/mol. The van der Waals surface area contributed by atoms with Crippen molar-refractivity contribution in [3.8, 4) is 0 Å². The number of methoxy groups -OCH3 is 1. The standard InChI is InChI=1S/C18H32N4O3S/c1-18(2,3)16(25-7)13-21-17(19-4)20-12-14-8-10-15(11-9-14)26(23,24)22(5)6/h8-11,16H,12-13H2,1-7H3,(H2,19,20,21). The quantitative estimate of drug-likeness (QED) is 0.552. The van der Waals surface area contributed by atoms with E-state index in [0.717, 1.165) is 5.56 Å². The fourth-order valence-corrected chi connectivity index (χ4v) is 3.23. The Labute approximate surface area is 157 Å². The van der Waals surface area contributed by atoms with Crippen LogP contribution in [0.4, 0.5) is 0 Å². The number of nitrogens with zero attached hydrogens (tertiary/aromatic N) is 2. The summed E-state index contributed by atoms with van der Waals surface area (Å²) in [6, 6.07) is 6.82. The van der Waals surface area contributed by atoms with E-state index in [2.05, 4.69) is 36.4 Å². The van der Waals surface area contributed by atoms with Crippen LogP contribution in [-0.2, 0) is 21.3 Å². The second-order valence-electron chi connectivity index (χ2n) is 7.33. The number of guanidine groups is 1. The second kappa shape index (κ2) is 9.34. The van der Waals surface area contributed by atoms with Crippen LogP contribution >= 0.6 is 0 Å². The summed E-state index contributed by atoms with van der Waals surface area (Å²) in [6.45, 7) is 7.56. The summed E-state index contributed by atoms with van der Waals surface area (Å²) in [6.07, 6.45) is 0.0524. The highest BCUT2D eigenvalue weighted by molar-refractivity contribution is 7.89. The van der Waals surface area contributed by atoms with Gasteiger partial charge in [-0.05, 0) is 23.1 Å². The maximum absolute atomic E-state index is 12.1. The molecule has 148 valence electrons. The van der Waals surface area contributed by atoms with Crippen LogP contribution in [0.3, 0.4) is 0 Å². The van der Waals surface area contributed by atoms with Gasteiger partial charge in [-0.15, -0.1) is 0 Å². The van der Waals surface area contributed by atoms with Crippen LogP contribution in [0.25, 0.3) is 0 Å². The Morgan fingerprint density at radius 1 is 1.19 bits per heavy atom. The Morgan fingerprint density at radius 2 is 1.77 bits per heavy atom. The van der Waals surface area contributed by atoms with Crippen LogP contribution in [0.15, 0.2) is 34.2 Å². The summed E-state index contributed by atoms with van der Waals surface area (Å²) in [5, 5.41) is 6.48. The Hall–Kier alpha value is -1.64. The summed E-state index contributed by atoms with van der Waals surface area (Å²) >= 11 is 0. The highest BCUT2D eigenvalue weighted by Crippen LogP contribution is 2.20. The normalized spacial score (nSPS) is 14.4. The van der Waals surface area contributed by atoms with Gasteiger partial charge in [-0.3, -0.25) is 4.99 Å². The van der Waals surface area contributed by atoms with Crippen molar-refractivity contribution in [3.63, 3.8) is 0 Å². The largest absolute Gasteiger partial charge is 0.379 e. The van der Waals surface area contributed by atoms with Crippen molar-refractivity contribution in [1.82, 2.24) is 14.9 Å². The molecular weight excluding hydrogens is 352 g/mol. The van der Waals surface area contributed by atoms with E-state index in [9.17, 15) is 8.42 Å². The molecule has 2 N–H and O–H groups in total. The maximum Gasteiger partial charge on any atom is 0.242 e. The van der Waals surface area contributed by atoms with E-state index in [1.807, 2.05) is 0 Å². The average molecular weight is 385 g/mol. The summed E-state index contributed by atoms with van der Waals surface area (Å²) in [5.74, 6) is 0.668. The molecular formula is C18H32N4O3S. The van der Waals surface area contributed by atoms with E-state index in [4.69, 9.17) is 4.74 Å². The van der Waals surface area contributed by atoms with Gasteiger partial charge in [0.05, 0.1) is 11.0 Å². The number of hydrogen-bond acceptors (Lipinski definition) is 4. The van der Waals surface area contributed by atoms with Crippen molar-refractivity contribution in [2.75, 3.05) is 34.8 Å². The average Bonchev–Trinajstić information content (AvgIpc) is 2.57. The molecule has 0 radical (unpaired) electrons. The van der Waals surface area contributed by atoms with Gasteiger partial charge in [0.2, 0.25) is 10.0 Å². The zero-order valence-electron chi connectivity index (χ0n) is 16.8. The van der Waals surface area contributed by atoms with Crippen LogP contribution in [0.2, 0.25) is 0 Å². The number of ether oxygens (including phenoxy) is 1. The molecule has 0 saturated heterocycles. The van der Waals surface area contributed by atoms with Gasteiger partial charge in [0.1, 0.15) is 0 Å². The minimum absolute atomic E-state index is 0.0222. The van der Waals surface area contributed by atoms with Gasteiger partial charge in [0.15, 0.2) is 5.96 Å². The Kier molecular flexibility index (Phi) is 8.05. The molecule has 1 rings (SSSR count). The second-order valence-corrected chi connectivity index (χ2v) is 9.48. The van der Waals surface area contributed by atoms with Crippen molar-refractivity contribution in [2.24, 2.45) is 10.4 Å². The van der Waals surface area contributed by atoms with Crippen molar-refractivity contribution in [1.29, 1.82) is 0 Å². The van der Waals surface area contributed by atoms with Crippen LogP contribution in [0.1, 0.15) is 26.3 Å². The molecule has 1 atom stereocenters. The molecule has 0 fully saturated rings. The summed E-state index contributed by atoms with van der Waals surface area (Å²) in [4.78, 5) is 4.49. The van der Waals surface area contributed by atoms with E-state index < -0.39 is 10.0 Å². The molecule has 0 aliphatic heterocycles. The number of aliphatic imine (C=N–C) groups is 1. The number of sulfonamides is 1. The first-order valence-electron chi connectivity index (χ1n) is 8.51. The fourth-order valence-electron chi connectivity index (χ4n) is 2.33. The first-order valence-corrected chi connectivity index (χ1v) is 9.95. The zero-order chi connectivity index (χ0) is 20.0. The minimum atomic E-state index is -3.40. The van der Waals surface area contributed by atoms with Crippen LogP contribution in [-0.4, -0.2) is 59.6 Å². The molecule has 0 aliphatic rings. The zero-order valence-corrected chi connectivity index (χ0v) is 17.6. The van der Waals surface area contributed by atoms with Gasteiger partial charge >= 0.3 is 0 Å². The Morgan fingerprint density at radius 3 is 2.19 bits per heavy atom. The van der Waals surface area contributed by atoms with Gasteiger partial charge in [-0.25, -0.2) is 12.7 Å². The smallest absolute Gasteiger partial charge is 0.242 e. The van der Waals surface area contributed by atoms with Crippen molar-refractivity contribution < 1.29 is 13.2 Å². The topological polar surface area (TPSA) is 83.0 Å². The molecule has 8 heteroatoms. The molecule has 0 heterocycles. The van der Waals surface area contributed by atoms with E-state index in [1.165, 1.54) is 18.4 Å². The van der Waals surface area contributed by atoms with Gasteiger partial charge in [0, 0.05) is 41.3 Å². The summed E-state index contributed by atoms with van der Waals surface area (Å²) in [5.41, 5.74) is 0.985. The maximum atomic E-state index is 12.1. The molecule has 0 aliphatic carbocycles. The summed E-state index contributed by atoms with van der Waals surface area (Å²) < 4.78 is 30.9. The third-order valence-corrected chi connectivity index (χ3v) is 5.92. The molecule has 0 saturated carbocycles. The molecule has 0 spiro atoms. The molecule has 0 amide bonds. The molecule has 1 aromatic rings. The first kappa shape index (κ1) is 22.4. The van der Waals surface area contributed by atoms with Gasteiger partial charge in [-0.1, -0.05) is 32.9 Å². The third kappa shape index (κ3) is 6.26. The van der Waals surface area contributed by atoms with Gasteiger partial charge in [-0.2, -0.15) is 0 Å². The Bertz CT molecular complexity index is 692. The van der Waals surface area contributed by atoms with Crippen LogP contribution in [0.5, 0.6) is 0 Å². The van der Waals surface area contributed by atoms with Crippen LogP contribution < -0.4 is 10.6 Å². The monoisotopic (exact) mass is 384 g/mol. The SMILES string of the molecule is CN=C(NCc1ccc(S(=O)(=O)N(C)C)cc1)NCC(OC)C(C)(C)C. The summed E-state index contributed by atoms with van der Waals surface area (Å²) in [7, 11) is 3.05. The third-order valence-electron chi connectivity index (χ3n) is 4.09. The lowest BCUT2D eigenvalue weighted by Crippen LogP contribution is -2.45. The lowest BCUT2D eigenvalue weighted by Gasteiger charge is -2.30. The molecule has 0 bridgehead atoms. The Balaban J connectivity index is 2.64. The predicted octanol–water partition coefficient (Wildman–Crippen LogP) is 1.66. The van der Waals surface area contributed by atoms with Gasteiger partial charge < -0.3 is 15.4 Å². The minimum Gasteiger partial charge on any atom is -0.379 e. The molecule has 0 aromatic heterocycles. The van der Waals surface area contributed by atoms with Gasteiger partial charge in [0.25, 0.3) is 0 Å². The number of hydrogen-bond donors (Lipinski definition) is 2. The van der Waals surface area contributed by atoms with Crippen molar-refractivity contribution in [2.45, 2.75) is 38.3 Å². The lowest BCUT2D eigenvalue weighted by molar-refractivity contribution is 0.0205. The fraction of sp³-hybridized carbons (Fsp3) is 0.611. The number of benzene rings is 1. The van der Waals surface area contributed by atoms with E-state index in [-0.39, 0.29) is 16.4 Å². The van der Waals surface area contributed by atoms with E-state index >= 15 is 0 Å². The van der Waals surface area contributed by atoms with Crippen LogP contribution in [0, 0.1) is 5.41 Å². The molecule has 1 aromatic carbocycles. The van der Waals surface area contributed by atoms with E-state index in [0.29, 0.717) is 19.0 Å². The highest BCUT2D eigenvalue weighted by atomic mass is 32.2. The molecule has 1 unspecified atom stereocenters. The first-order chi connectivity index (χ1) is 12.0. The number of rotatable bonds is 7. The van der Waals surface area contributed by atoms with Crippen molar-refractivity contribution in [3.05, 3.63) is 29.8 Å². The van der Waals surface area contributed by atoms with E-state index in [1.54, 1.807) is 38.4 Å². The number of nitrogens with one attached hydrogen (secondary N) is 2.